The molecule has 0 saturated carbocycles. The molecule has 0 amide bonds. The molecule has 4 aromatic rings. The predicted octanol–water partition coefficient (Wildman–Crippen LogP) is 5.20. The summed E-state index contributed by atoms with van der Waals surface area (Å²) in [6.07, 6.45) is -7.26. The number of ether oxygens (including phenoxy) is 4. The largest absolute Gasteiger partial charge is 0.459 e. The molecule has 1 aliphatic rings. The molecule has 1 saturated heterocycles. The maximum atomic E-state index is 15.7. The van der Waals surface area contributed by atoms with Crippen molar-refractivity contribution in [1.29, 1.82) is 0 Å². The summed E-state index contributed by atoms with van der Waals surface area (Å²) in [6, 6.07) is 31.5. The van der Waals surface area contributed by atoms with E-state index in [9.17, 15) is 19.2 Å². The lowest BCUT2D eigenvalue weighted by Crippen LogP contribution is -2.58. The first-order valence-corrected chi connectivity index (χ1v) is 13.8. The molecule has 10 nitrogen and oxygen atoms in total. The summed E-state index contributed by atoms with van der Waals surface area (Å²) >= 11 is 0. The van der Waals surface area contributed by atoms with Crippen LogP contribution in [0.4, 0.5) is 4.39 Å². The van der Waals surface area contributed by atoms with Crippen LogP contribution < -0.4 is 0 Å². The second kappa shape index (κ2) is 14.7. The molecule has 0 aromatic heterocycles. The van der Waals surface area contributed by atoms with E-state index in [1.54, 1.807) is 72.8 Å². The number of hydrogen-bond acceptors (Lipinski definition) is 10. The molecule has 0 bridgehead atoms. The lowest BCUT2D eigenvalue weighted by Gasteiger charge is -2.38. The number of carbonyl (C=O) groups excluding carboxylic acids is 4. The number of benzene rings is 4. The van der Waals surface area contributed by atoms with Gasteiger partial charge in [-0.15, -0.1) is 0 Å². The number of alkyl halides is 1. The lowest BCUT2D eigenvalue weighted by molar-refractivity contribution is -0.162. The SMILES string of the molecule is O=C(OC[C@H]1O[C@@H](F)/C(=N/OC(=O)c2ccccc2)[C@H](OC(=O)c2ccccc2)[C@@H]1OC(=O)c1ccccc1)c1ccccc1. The molecular formula is C34H26FNO9. The maximum absolute atomic E-state index is 15.7. The van der Waals surface area contributed by atoms with E-state index in [-0.39, 0.29) is 22.3 Å². The molecular weight excluding hydrogens is 585 g/mol. The first-order chi connectivity index (χ1) is 21.9. The smallest absolute Gasteiger partial charge is 0.365 e. The van der Waals surface area contributed by atoms with Crippen LogP contribution in [0.5, 0.6) is 0 Å². The van der Waals surface area contributed by atoms with E-state index in [1.165, 1.54) is 48.5 Å². The van der Waals surface area contributed by atoms with Gasteiger partial charge in [-0.1, -0.05) is 78.0 Å². The second-order valence-corrected chi connectivity index (χ2v) is 9.64. The average Bonchev–Trinajstić information content (AvgIpc) is 3.09. The van der Waals surface area contributed by atoms with Gasteiger partial charge >= 0.3 is 23.9 Å². The Hall–Kier alpha value is -5.68. The molecule has 11 heteroatoms. The van der Waals surface area contributed by atoms with Crippen molar-refractivity contribution in [2.24, 2.45) is 5.16 Å². The minimum atomic E-state index is -2.42. The number of oxime groups is 1. The number of halogens is 1. The Labute approximate surface area is 256 Å². The minimum absolute atomic E-state index is 0.0974. The first kappa shape index (κ1) is 30.8. The summed E-state index contributed by atoms with van der Waals surface area (Å²) < 4.78 is 37.9. The van der Waals surface area contributed by atoms with Gasteiger partial charge in [0.25, 0.3) is 0 Å². The zero-order valence-electron chi connectivity index (χ0n) is 23.6. The third kappa shape index (κ3) is 7.84. The van der Waals surface area contributed by atoms with Crippen LogP contribution in [0, 0.1) is 0 Å². The van der Waals surface area contributed by atoms with Crippen LogP contribution in [0.2, 0.25) is 0 Å². The third-order valence-electron chi connectivity index (χ3n) is 6.61. The fourth-order valence-electron chi connectivity index (χ4n) is 4.35. The van der Waals surface area contributed by atoms with Crippen molar-refractivity contribution in [2.75, 3.05) is 6.61 Å². The van der Waals surface area contributed by atoms with Crippen molar-refractivity contribution in [1.82, 2.24) is 0 Å². The van der Waals surface area contributed by atoms with Gasteiger partial charge in [0.2, 0.25) is 6.36 Å². The summed E-state index contributed by atoms with van der Waals surface area (Å²) in [5.74, 6) is -3.48. The molecule has 5 rings (SSSR count). The zero-order chi connectivity index (χ0) is 31.6. The van der Waals surface area contributed by atoms with Crippen LogP contribution in [0.25, 0.3) is 0 Å². The van der Waals surface area contributed by atoms with Crippen LogP contribution in [-0.4, -0.2) is 60.9 Å². The van der Waals surface area contributed by atoms with E-state index in [0.717, 1.165) is 0 Å². The highest BCUT2D eigenvalue weighted by Crippen LogP contribution is 2.28. The Morgan fingerprint density at radius 2 is 1.02 bits per heavy atom. The van der Waals surface area contributed by atoms with Crippen LogP contribution in [-0.2, 0) is 23.8 Å². The number of esters is 3. The molecule has 1 fully saturated rings. The zero-order valence-corrected chi connectivity index (χ0v) is 23.6. The average molecular weight is 612 g/mol. The summed E-state index contributed by atoms with van der Waals surface area (Å²) in [5.41, 5.74) is -0.142. The summed E-state index contributed by atoms with van der Waals surface area (Å²) in [4.78, 5) is 56.7. The van der Waals surface area contributed by atoms with E-state index in [0.29, 0.717) is 0 Å². The number of carbonyl (C=O) groups is 4. The van der Waals surface area contributed by atoms with Crippen molar-refractivity contribution < 1.29 is 47.4 Å². The van der Waals surface area contributed by atoms with E-state index < -0.39 is 60.9 Å². The Morgan fingerprint density at radius 1 is 0.600 bits per heavy atom. The van der Waals surface area contributed by atoms with Gasteiger partial charge in [0, 0.05) is 0 Å². The molecule has 0 aliphatic carbocycles. The van der Waals surface area contributed by atoms with Crippen LogP contribution in [0.1, 0.15) is 41.4 Å². The molecule has 228 valence electrons. The topological polar surface area (TPSA) is 127 Å². The molecule has 0 N–H and O–H groups in total. The number of nitrogens with zero attached hydrogens (tertiary/aromatic N) is 1. The molecule has 0 spiro atoms. The highest BCUT2D eigenvalue weighted by Gasteiger charge is 2.50. The number of hydrogen-bond donors (Lipinski definition) is 0. The Bertz CT molecular complexity index is 1650. The van der Waals surface area contributed by atoms with E-state index in [2.05, 4.69) is 5.16 Å². The van der Waals surface area contributed by atoms with Gasteiger partial charge in [-0.3, -0.25) is 0 Å². The van der Waals surface area contributed by atoms with Crippen molar-refractivity contribution in [2.45, 2.75) is 24.7 Å². The van der Waals surface area contributed by atoms with Gasteiger partial charge in [0.15, 0.2) is 17.9 Å². The fourth-order valence-corrected chi connectivity index (χ4v) is 4.35. The highest BCUT2D eigenvalue weighted by atomic mass is 19.1. The highest BCUT2D eigenvalue weighted by molar-refractivity contribution is 5.98. The Kier molecular flexibility index (Phi) is 10.0. The monoisotopic (exact) mass is 611 g/mol. The summed E-state index contributed by atoms with van der Waals surface area (Å²) in [7, 11) is 0. The van der Waals surface area contributed by atoms with Crippen molar-refractivity contribution >= 4 is 29.6 Å². The summed E-state index contributed by atoms with van der Waals surface area (Å²) in [6.45, 7) is -0.600. The molecule has 0 unspecified atom stereocenters. The molecule has 4 aromatic carbocycles. The number of rotatable bonds is 9. The van der Waals surface area contributed by atoms with Crippen molar-refractivity contribution in [3.63, 3.8) is 0 Å². The van der Waals surface area contributed by atoms with Crippen molar-refractivity contribution in [3.05, 3.63) is 144 Å². The van der Waals surface area contributed by atoms with Gasteiger partial charge in [-0.2, -0.15) is 0 Å². The van der Waals surface area contributed by atoms with Gasteiger partial charge in [0.1, 0.15) is 12.7 Å². The molecule has 1 aliphatic heterocycles. The van der Waals surface area contributed by atoms with Crippen LogP contribution >= 0.6 is 0 Å². The predicted molar refractivity (Wildman–Crippen MR) is 157 cm³/mol. The first-order valence-electron chi connectivity index (χ1n) is 13.8. The van der Waals surface area contributed by atoms with Crippen molar-refractivity contribution in [3.8, 4) is 0 Å². The standard InChI is InChI=1S/C34H26FNO9/c35-30-27(36-45-34(40)25-19-11-4-12-20-25)29(44-33(39)24-17-9-3-10-18-24)28(43-32(38)23-15-7-2-8-16-23)26(42-30)21-41-31(37)22-13-5-1-6-14-22/h1-20,26,28-30H,21H2/b36-27+/t26-,28-,29+,30-/m1/s1. The van der Waals surface area contributed by atoms with Crippen LogP contribution in [0.15, 0.2) is 126 Å². The quantitative estimate of drug-likeness (QED) is 0.109. The minimum Gasteiger partial charge on any atom is -0.459 e. The molecule has 4 atom stereocenters. The Balaban J connectivity index is 1.48. The Morgan fingerprint density at radius 3 is 1.51 bits per heavy atom. The van der Waals surface area contributed by atoms with Crippen LogP contribution in [0.3, 0.4) is 0 Å². The second-order valence-electron chi connectivity index (χ2n) is 9.64. The van der Waals surface area contributed by atoms with Gasteiger partial charge in [-0.25, -0.2) is 23.6 Å². The molecule has 1 heterocycles. The van der Waals surface area contributed by atoms with Gasteiger partial charge < -0.3 is 23.8 Å². The van der Waals surface area contributed by atoms with Gasteiger partial charge in [-0.05, 0) is 48.5 Å². The normalized spacial score (nSPS) is 20.1. The maximum Gasteiger partial charge on any atom is 0.365 e. The van der Waals surface area contributed by atoms with E-state index >= 15 is 4.39 Å². The molecule has 0 radical (unpaired) electrons. The lowest BCUT2D eigenvalue weighted by atomic mass is 9.99. The van der Waals surface area contributed by atoms with Gasteiger partial charge in [0.05, 0.1) is 22.3 Å². The van der Waals surface area contributed by atoms with E-state index in [4.69, 9.17) is 23.8 Å². The van der Waals surface area contributed by atoms with E-state index in [1.807, 2.05) is 0 Å². The molecule has 45 heavy (non-hydrogen) atoms. The third-order valence-corrected chi connectivity index (χ3v) is 6.61. The summed E-state index contributed by atoms with van der Waals surface area (Å²) in [5, 5.41) is 3.67. The fraction of sp³-hybridized carbons (Fsp3) is 0.147.